The molecule has 6 nitrogen and oxygen atoms in total. The molecule has 0 aromatic carbocycles. The van der Waals surface area contributed by atoms with Gasteiger partial charge in [-0.1, -0.05) is 270 Å². The van der Waals surface area contributed by atoms with Crippen LogP contribution in [0.4, 0.5) is 0 Å². The van der Waals surface area contributed by atoms with E-state index in [-0.39, 0.29) is 24.9 Å². The predicted molar refractivity (Wildman–Crippen MR) is 283 cm³/mol. The Morgan fingerprint density at radius 3 is 1.20 bits per heavy atom. The molecule has 0 fully saturated rings. The van der Waals surface area contributed by atoms with Gasteiger partial charge in [-0.25, -0.2) is 0 Å². The van der Waals surface area contributed by atoms with Crippen LogP contribution in [-0.2, 0) is 14.3 Å². The van der Waals surface area contributed by atoms with Crippen molar-refractivity contribution in [1.82, 2.24) is 5.32 Å². The Kier molecular flexibility index (Phi) is 51.9. The molecule has 0 spiro atoms. The Labute approximate surface area is 405 Å². The van der Waals surface area contributed by atoms with Gasteiger partial charge in [0.15, 0.2) is 0 Å². The molecular weight excluding hydrogens is 803 g/mol. The summed E-state index contributed by atoms with van der Waals surface area (Å²) in [5.41, 5.74) is 0. The van der Waals surface area contributed by atoms with E-state index >= 15 is 0 Å². The van der Waals surface area contributed by atoms with Gasteiger partial charge >= 0.3 is 5.97 Å². The molecule has 0 saturated carbocycles. The number of ether oxygens (including phenoxy) is 1. The summed E-state index contributed by atoms with van der Waals surface area (Å²) in [5.74, 6) is -0.459. The normalized spacial score (nSPS) is 13.2. The van der Waals surface area contributed by atoms with Crippen molar-refractivity contribution in [2.75, 3.05) is 6.61 Å². The molecule has 0 aromatic heterocycles. The minimum Gasteiger partial charge on any atom is -0.462 e. The number of aliphatic hydroxyl groups excluding tert-OH is 2. The molecule has 3 unspecified atom stereocenters. The second kappa shape index (κ2) is 53.3. The lowest BCUT2D eigenvalue weighted by atomic mass is 10.0. The Morgan fingerprint density at radius 2 is 0.785 bits per heavy atom. The topological polar surface area (TPSA) is 95.9 Å². The molecule has 0 aromatic rings. The summed E-state index contributed by atoms with van der Waals surface area (Å²) in [6, 6.07) is -0.698. The van der Waals surface area contributed by atoms with E-state index in [0.29, 0.717) is 19.3 Å². The van der Waals surface area contributed by atoms with Crippen molar-refractivity contribution in [3.63, 3.8) is 0 Å². The van der Waals surface area contributed by atoms with E-state index in [2.05, 4.69) is 50.4 Å². The predicted octanol–water partition coefficient (Wildman–Crippen LogP) is 17.9. The van der Waals surface area contributed by atoms with Gasteiger partial charge in [0.1, 0.15) is 6.10 Å². The van der Waals surface area contributed by atoms with E-state index in [4.69, 9.17) is 4.74 Å². The number of esters is 1. The van der Waals surface area contributed by atoms with Crippen LogP contribution in [0.5, 0.6) is 0 Å². The molecule has 3 atom stereocenters. The highest BCUT2D eigenvalue weighted by atomic mass is 16.5. The fourth-order valence-electron chi connectivity index (χ4n) is 9.11. The summed E-state index contributed by atoms with van der Waals surface area (Å²) in [7, 11) is 0. The van der Waals surface area contributed by atoms with Crippen LogP contribution in [-0.4, -0.2) is 46.9 Å². The van der Waals surface area contributed by atoms with Crippen molar-refractivity contribution in [2.24, 2.45) is 0 Å². The van der Waals surface area contributed by atoms with Gasteiger partial charge < -0.3 is 20.3 Å². The van der Waals surface area contributed by atoms with Crippen molar-refractivity contribution in [1.29, 1.82) is 0 Å². The average Bonchev–Trinajstić information content (AvgIpc) is 3.30. The minimum atomic E-state index is -0.784. The van der Waals surface area contributed by atoms with Crippen LogP contribution in [0.3, 0.4) is 0 Å². The van der Waals surface area contributed by atoms with Gasteiger partial charge in [0.25, 0.3) is 0 Å². The number of carbonyl (C=O) groups excluding carboxylic acids is 2. The van der Waals surface area contributed by atoms with Crippen molar-refractivity contribution in [3.8, 4) is 0 Å². The first-order valence-corrected chi connectivity index (χ1v) is 29.1. The number of hydrogen-bond donors (Lipinski definition) is 3. The number of rotatable bonds is 53. The molecule has 1 amide bonds. The van der Waals surface area contributed by atoms with Crippen molar-refractivity contribution >= 4 is 11.9 Å². The number of amides is 1. The highest BCUT2D eigenvalue weighted by molar-refractivity contribution is 5.77. The van der Waals surface area contributed by atoms with Crippen LogP contribution in [0, 0.1) is 0 Å². The lowest BCUT2D eigenvalue weighted by molar-refractivity contribution is -0.151. The Balaban J connectivity index is 4.45. The minimum absolute atomic E-state index is 0.0821. The van der Waals surface area contributed by atoms with Gasteiger partial charge in [0, 0.05) is 6.42 Å². The molecule has 0 radical (unpaired) electrons. The molecule has 0 heterocycles. The molecule has 0 bridgehead atoms. The van der Waals surface area contributed by atoms with E-state index < -0.39 is 18.2 Å². The molecule has 0 saturated heterocycles. The monoisotopic (exact) mass is 916 g/mol. The maximum Gasteiger partial charge on any atom is 0.306 e. The third kappa shape index (κ3) is 48.6. The Morgan fingerprint density at radius 1 is 0.446 bits per heavy atom. The molecule has 0 aliphatic carbocycles. The SMILES string of the molecule is CCCCC/C=C\C/C=C\CCCCCCCCCCCC(=O)OC(CCCCCCCCCCCCCC)CC(=O)NC(CO)C(O)CCCCCCCCCCCCCCCCC. The fraction of sp³-hybridized carbons (Fsp3) is 0.898. The number of allylic oxidation sites excluding steroid dienone is 4. The Bertz CT molecular complexity index is 1030. The molecule has 3 N–H and O–H groups in total. The van der Waals surface area contributed by atoms with E-state index in [1.165, 1.54) is 218 Å². The summed E-state index contributed by atoms with van der Waals surface area (Å²) in [5, 5.41) is 23.9. The first-order valence-electron chi connectivity index (χ1n) is 29.1. The number of nitrogens with one attached hydrogen (secondary N) is 1. The zero-order valence-electron chi connectivity index (χ0n) is 43.9. The molecule has 0 rings (SSSR count). The number of hydrogen-bond acceptors (Lipinski definition) is 5. The molecular formula is C59H113NO5. The van der Waals surface area contributed by atoms with Gasteiger partial charge in [0.05, 0.1) is 25.2 Å². The van der Waals surface area contributed by atoms with Crippen molar-refractivity contribution in [2.45, 2.75) is 334 Å². The van der Waals surface area contributed by atoms with Gasteiger partial charge in [-0.2, -0.15) is 0 Å². The summed E-state index contributed by atoms with van der Waals surface area (Å²) in [6.45, 7) is 6.50. The number of aliphatic hydroxyl groups is 2. The van der Waals surface area contributed by atoms with Crippen molar-refractivity contribution < 1.29 is 24.5 Å². The third-order valence-electron chi connectivity index (χ3n) is 13.5. The lowest BCUT2D eigenvalue weighted by Gasteiger charge is -2.24. The molecule has 65 heavy (non-hydrogen) atoms. The fourth-order valence-corrected chi connectivity index (χ4v) is 9.11. The number of carbonyl (C=O) groups is 2. The summed E-state index contributed by atoms with van der Waals surface area (Å²) in [6.07, 6.45) is 62.4. The van der Waals surface area contributed by atoms with Crippen molar-refractivity contribution in [3.05, 3.63) is 24.3 Å². The quantitative estimate of drug-likeness (QED) is 0.0321. The lowest BCUT2D eigenvalue weighted by Crippen LogP contribution is -2.46. The Hall–Kier alpha value is -1.66. The second-order valence-corrected chi connectivity index (χ2v) is 20.1. The summed E-state index contributed by atoms with van der Waals surface area (Å²) < 4.78 is 5.96. The van der Waals surface area contributed by atoms with Crippen LogP contribution >= 0.6 is 0 Å². The zero-order chi connectivity index (χ0) is 47.4. The van der Waals surface area contributed by atoms with Crippen LogP contribution in [0.25, 0.3) is 0 Å². The molecule has 6 heteroatoms. The first kappa shape index (κ1) is 63.3. The smallest absolute Gasteiger partial charge is 0.306 e. The highest BCUT2D eigenvalue weighted by Gasteiger charge is 2.24. The third-order valence-corrected chi connectivity index (χ3v) is 13.5. The standard InChI is InChI=1S/C59H113NO5/c1-4-7-10-13-16-19-22-25-27-28-29-30-32-34-37-40-43-46-49-52-59(64)65-55(50-47-44-41-38-35-24-21-18-15-12-9-6-3)53-58(63)60-56(54-61)57(62)51-48-45-42-39-36-33-31-26-23-20-17-14-11-8-5-2/h16,19,25,27,55-57,61-62H,4-15,17-18,20-24,26,28-54H2,1-3H3,(H,60,63)/b19-16-,27-25-. The molecule has 0 aliphatic rings. The first-order chi connectivity index (χ1) is 32.0. The maximum atomic E-state index is 13.3. The van der Waals surface area contributed by atoms with Gasteiger partial charge in [-0.05, 0) is 57.8 Å². The van der Waals surface area contributed by atoms with Crippen LogP contribution in [0.15, 0.2) is 24.3 Å². The largest absolute Gasteiger partial charge is 0.462 e. The maximum absolute atomic E-state index is 13.3. The highest BCUT2D eigenvalue weighted by Crippen LogP contribution is 2.19. The van der Waals surface area contributed by atoms with Gasteiger partial charge in [0.2, 0.25) is 5.91 Å². The van der Waals surface area contributed by atoms with Crippen LogP contribution < -0.4 is 5.32 Å². The van der Waals surface area contributed by atoms with E-state index in [9.17, 15) is 19.8 Å². The summed E-state index contributed by atoms with van der Waals surface area (Å²) in [4.78, 5) is 26.3. The second-order valence-electron chi connectivity index (χ2n) is 20.1. The van der Waals surface area contributed by atoms with E-state index in [0.717, 1.165) is 51.4 Å². The van der Waals surface area contributed by atoms with E-state index in [1.807, 2.05) is 0 Å². The van der Waals surface area contributed by atoms with Gasteiger partial charge in [-0.3, -0.25) is 9.59 Å². The zero-order valence-corrected chi connectivity index (χ0v) is 43.9. The van der Waals surface area contributed by atoms with Crippen LogP contribution in [0.2, 0.25) is 0 Å². The van der Waals surface area contributed by atoms with Crippen LogP contribution in [0.1, 0.15) is 316 Å². The van der Waals surface area contributed by atoms with E-state index in [1.54, 1.807) is 0 Å². The summed E-state index contributed by atoms with van der Waals surface area (Å²) >= 11 is 0. The number of unbranched alkanes of at least 4 members (excludes halogenated alkanes) is 37. The van der Waals surface area contributed by atoms with Gasteiger partial charge in [-0.15, -0.1) is 0 Å². The molecule has 384 valence electrons. The molecule has 0 aliphatic heterocycles. The average molecular weight is 917 g/mol.